The summed E-state index contributed by atoms with van der Waals surface area (Å²) in [5, 5.41) is 11.3. The normalized spacial score (nSPS) is 10.4. The number of nitrogens with one attached hydrogen (secondary N) is 1. The van der Waals surface area contributed by atoms with E-state index in [4.69, 9.17) is 14.6 Å². The molecule has 2 N–H and O–H groups in total. The number of amides is 1. The van der Waals surface area contributed by atoms with Gasteiger partial charge in [-0.05, 0) is 49.1 Å². The molecule has 0 fully saturated rings. The Morgan fingerprint density at radius 3 is 2.43 bits per heavy atom. The summed E-state index contributed by atoms with van der Waals surface area (Å²) in [7, 11) is 0. The first-order valence-corrected chi connectivity index (χ1v) is 9.35. The molecule has 2 rings (SSSR count). The Bertz CT molecular complexity index is 803. The van der Waals surface area contributed by atoms with Crippen LogP contribution in [0.1, 0.15) is 29.5 Å². The number of carbonyl (C=O) groups is 2. The van der Waals surface area contributed by atoms with Crippen LogP contribution in [0, 0.1) is 13.8 Å². The van der Waals surface area contributed by atoms with E-state index in [0.717, 1.165) is 28.2 Å². The van der Waals surface area contributed by atoms with Gasteiger partial charge in [-0.15, -0.1) is 0 Å². The van der Waals surface area contributed by atoms with Crippen LogP contribution in [0.5, 0.6) is 11.5 Å². The molecular weight excluding hydrogens is 358 g/mol. The Balaban J connectivity index is 1.77. The van der Waals surface area contributed by atoms with E-state index >= 15 is 0 Å². The highest BCUT2D eigenvalue weighted by Crippen LogP contribution is 2.20. The zero-order chi connectivity index (χ0) is 20.4. The molecule has 150 valence electrons. The Morgan fingerprint density at radius 1 is 0.964 bits per heavy atom. The van der Waals surface area contributed by atoms with Gasteiger partial charge in [-0.3, -0.25) is 9.59 Å². The third-order valence-electron chi connectivity index (χ3n) is 4.20. The fourth-order valence-electron chi connectivity index (χ4n) is 2.66. The molecule has 2 aromatic carbocycles. The fraction of sp³-hybridized carbons (Fsp3) is 0.364. The van der Waals surface area contributed by atoms with Gasteiger partial charge in [0.2, 0.25) is 5.91 Å². The van der Waals surface area contributed by atoms with Crippen LogP contribution in [0.2, 0.25) is 0 Å². The lowest BCUT2D eigenvalue weighted by Crippen LogP contribution is -2.26. The number of carbonyl (C=O) groups excluding carboxylic acids is 1. The Kier molecular flexibility index (Phi) is 8.34. The van der Waals surface area contributed by atoms with Gasteiger partial charge in [0.15, 0.2) is 0 Å². The molecule has 0 aliphatic rings. The highest BCUT2D eigenvalue weighted by molar-refractivity contribution is 5.80. The van der Waals surface area contributed by atoms with E-state index in [1.165, 1.54) is 0 Å². The van der Waals surface area contributed by atoms with Crippen LogP contribution >= 0.6 is 0 Å². The smallest absolute Gasteiger partial charge is 0.303 e. The monoisotopic (exact) mass is 385 g/mol. The number of carboxylic acid groups (broad SMARTS) is 1. The lowest BCUT2D eigenvalue weighted by atomic mass is 10.1. The molecular formula is C22H27NO5. The van der Waals surface area contributed by atoms with Crippen molar-refractivity contribution in [3.63, 3.8) is 0 Å². The van der Waals surface area contributed by atoms with E-state index in [1.54, 1.807) is 0 Å². The minimum atomic E-state index is -0.975. The van der Waals surface area contributed by atoms with Crippen LogP contribution in [-0.4, -0.2) is 36.7 Å². The van der Waals surface area contributed by atoms with Crippen molar-refractivity contribution in [3.05, 3.63) is 59.2 Å². The second kappa shape index (κ2) is 11.0. The maximum Gasteiger partial charge on any atom is 0.303 e. The van der Waals surface area contributed by atoms with E-state index in [2.05, 4.69) is 11.4 Å². The van der Waals surface area contributed by atoms with Crippen LogP contribution in [0.4, 0.5) is 0 Å². The van der Waals surface area contributed by atoms with E-state index in [1.807, 2.05) is 50.2 Å². The molecule has 0 radical (unpaired) electrons. The van der Waals surface area contributed by atoms with Crippen LogP contribution in [0.25, 0.3) is 0 Å². The standard InChI is InChI=1S/C22H27NO5/c1-16-7-8-17(2)20(15-16)28-14-13-27-19-6-4-3-5-18(19)11-12-23-21(24)9-10-22(25)26/h3-8,15H,9-14H2,1-2H3,(H,23,24)(H,25,26). The Labute approximate surface area is 165 Å². The molecule has 28 heavy (non-hydrogen) atoms. The molecule has 2 aromatic rings. The summed E-state index contributed by atoms with van der Waals surface area (Å²) in [5.41, 5.74) is 3.22. The molecule has 0 aliphatic carbocycles. The number of benzene rings is 2. The minimum Gasteiger partial charge on any atom is -0.490 e. The van der Waals surface area contributed by atoms with Crippen molar-refractivity contribution in [1.82, 2.24) is 5.32 Å². The fourth-order valence-corrected chi connectivity index (χ4v) is 2.66. The van der Waals surface area contributed by atoms with Gasteiger partial charge >= 0.3 is 5.97 Å². The van der Waals surface area contributed by atoms with Gasteiger partial charge in [0.1, 0.15) is 24.7 Å². The Hall–Kier alpha value is -3.02. The van der Waals surface area contributed by atoms with E-state index in [-0.39, 0.29) is 18.7 Å². The van der Waals surface area contributed by atoms with Crippen molar-refractivity contribution in [1.29, 1.82) is 0 Å². The number of carboxylic acids is 1. The molecule has 0 saturated carbocycles. The van der Waals surface area contributed by atoms with Crippen molar-refractivity contribution in [2.45, 2.75) is 33.1 Å². The molecule has 0 aliphatic heterocycles. The van der Waals surface area contributed by atoms with E-state index in [0.29, 0.717) is 26.2 Å². The second-order valence-corrected chi connectivity index (χ2v) is 6.57. The molecule has 0 saturated heterocycles. The van der Waals surface area contributed by atoms with Crippen LogP contribution in [-0.2, 0) is 16.0 Å². The third kappa shape index (κ3) is 7.31. The maximum absolute atomic E-state index is 11.6. The van der Waals surface area contributed by atoms with Gasteiger partial charge in [-0.2, -0.15) is 0 Å². The lowest BCUT2D eigenvalue weighted by Gasteiger charge is -2.13. The number of aliphatic carboxylic acids is 1. The average Bonchev–Trinajstić information content (AvgIpc) is 2.67. The van der Waals surface area contributed by atoms with Crippen LogP contribution < -0.4 is 14.8 Å². The summed E-state index contributed by atoms with van der Waals surface area (Å²) in [6.07, 6.45) is 0.433. The number of rotatable bonds is 11. The predicted octanol–water partition coefficient (Wildman–Crippen LogP) is 3.28. The molecule has 6 nitrogen and oxygen atoms in total. The molecule has 0 heterocycles. The van der Waals surface area contributed by atoms with Crippen LogP contribution in [0.3, 0.4) is 0 Å². The van der Waals surface area contributed by atoms with Gasteiger partial charge in [0.25, 0.3) is 0 Å². The Morgan fingerprint density at radius 2 is 1.68 bits per heavy atom. The van der Waals surface area contributed by atoms with Gasteiger partial charge in [0, 0.05) is 13.0 Å². The van der Waals surface area contributed by atoms with Crippen LogP contribution in [0.15, 0.2) is 42.5 Å². The summed E-state index contributed by atoms with van der Waals surface area (Å²) < 4.78 is 11.7. The summed E-state index contributed by atoms with van der Waals surface area (Å²) in [4.78, 5) is 22.1. The molecule has 1 amide bonds. The number of para-hydroxylation sites is 1. The first kappa shape index (κ1) is 21.3. The molecule has 0 bridgehead atoms. The number of ether oxygens (including phenoxy) is 2. The predicted molar refractivity (Wildman–Crippen MR) is 107 cm³/mol. The second-order valence-electron chi connectivity index (χ2n) is 6.57. The van der Waals surface area contributed by atoms with Gasteiger partial charge in [-0.25, -0.2) is 0 Å². The van der Waals surface area contributed by atoms with Gasteiger partial charge in [0.05, 0.1) is 6.42 Å². The molecule has 0 aromatic heterocycles. The van der Waals surface area contributed by atoms with Gasteiger partial charge in [-0.1, -0.05) is 30.3 Å². The highest BCUT2D eigenvalue weighted by Gasteiger charge is 2.07. The van der Waals surface area contributed by atoms with E-state index in [9.17, 15) is 9.59 Å². The number of hydrogen-bond donors (Lipinski definition) is 2. The molecule has 0 unspecified atom stereocenters. The summed E-state index contributed by atoms with van der Waals surface area (Å²) in [5.74, 6) is 0.382. The number of aryl methyl sites for hydroxylation is 2. The lowest BCUT2D eigenvalue weighted by molar-refractivity contribution is -0.138. The SMILES string of the molecule is Cc1ccc(C)c(OCCOc2ccccc2CCNC(=O)CCC(=O)O)c1. The van der Waals surface area contributed by atoms with Crippen molar-refractivity contribution in [2.75, 3.05) is 19.8 Å². The zero-order valence-corrected chi connectivity index (χ0v) is 16.4. The first-order valence-electron chi connectivity index (χ1n) is 9.35. The van der Waals surface area contributed by atoms with Crippen molar-refractivity contribution in [3.8, 4) is 11.5 Å². The van der Waals surface area contributed by atoms with Crippen molar-refractivity contribution in [2.24, 2.45) is 0 Å². The zero-order valence-electron chi connectivity index (χ0n) is 16.4. The number of hydrogen-bond acceptors (Lipinski definition) is 4. The molecule has 6 heteroatoms. The topological polar surface area (TPSA) is 84.9 Å². The summed E-state index contributed by atoms with van der Waals surface area (Å²) in [6, 6.07) is 13.7. The molecule has 0 atom stereocenters. The van der Waals surface area contributed by atoms with Gasteiger partial charge < -0.3 is 19.9 Å². The van der Waals surface area contributed by atoms with E-state index < -0.39 is 5.97 Å². The largest absolute Gasteiger partial charge is 0.490 e. The average molecular weight is 385 g/mol. The maximum atomic E-state index is 11.6. The highest BCUT2D eigenvalue weighted by atomic mass is 16.5. The molecule has 0 spiro atoms. The first-order chi connectivity index (χ1) is 13.5. The summed E-state index contributed by atoms with van der Waals surface area (Å²) in [6.45, 7) is 5.31. The summed E-state index contributed by atoms with van der Waals surface area (Å²) >= 11 is 0. The quantitative estimate of drug-likeness (QED) is 0.580. The van der Waals surface area contributed by atoms with Crippen molar-refractivity contribution < 1.29 is 24.2 Å². The van der Waals surface area contributed by atoms with Crippen molar-refractivity contribution >= 4 is 11.9 Å². The minimum absolute atomic E-state index is 0.0107. The third-order valence-corrected chi connectivity index (χ3v) is 4.20.